The Morgan fingerprint density at radius 1 is 1.07 bits per heavy atom. The minimum Gasteiger partial charge on any atom is -0.481 e. The van der Waals surface area contributed by atoms with Crippen LogP contribution in [0.4, 0.5) is 8.78 Å². The molecule has 1 unspecified atom stereocenters. The molecule has 0 saturated heterocycles. The third-order valence-electron chi connectivity index (χ3n) is 3.79. The molecule has 1 atom stereocenters. The van der Waals surface area contributed by atoms with Crippen LogP contribution in [0.1, 0.15) is 12.6 Å². The Bertz CT molecular complexity index is 933. The van der Waals surface area contributed by atoms with Crippen molar-refractivity contribution in [3.63, 3.8) is 0 Å². The van der Waals surface area contributed by atoms with Crippen molar-refractivity contribution in [3.05, 3.63) is 78.3 Å². The van der Waals surface area contributed by atoms with E-state index in [-0.39, 0.29) is 24.0 Å². The highest BCUT2D eigenvalue weighted by Crippen LogP contribution is 2.17. The highest BCUT2D eigenvalue weighted by molar-refractivity contribution is 5.80. The van der Waals surface area contributed by atoms with Gasteiger partial charge < -0.3 is 10.1 Å². The number of hydrogen-bond donors (Lipinski definition) is 1. The van der Waals surface area contributed by atoms with Crippen molar-refractivity contribution < 1.29 is 18.3 Å². The molecule has 7 heteroatoms. The summed E-state index contributed by atoms with van der Waals surface area (Å²) in [6, 6.07) is 13.2. The zero-order valence-corrected chi connectivity index (χ0v) is 14.5. The molecular weight excluding hydrogens is 352 g/mol. The van der Waals surface area contributed by atoms with E-state index in [1.165, 1.54) is 36.7 Å². The van der Waals surface area contributed by atoms with Crippen LogP contribution < -0.4 is 10.1 Å². The van der Waals surface area contributed by atoms with Crippen molar-refractivity contribution >= 4 is 5.91 Å². The third-order valence-corrected chi connectivity index (χ3v) is 3.79. The third kappa shape index (κ3) is 5.07. The number of nitrogens with one attached hydrogen (secondary N) is 1. The Morgan fingerprint density at radius 3 is 2.59 bits per heavy atom. The molecule has 1 N–H and O–H groups in total. The van der Waals surface area contributed by atoms with Gasteiger partial charge in [-0.25, -0.2) is 18.7 Å². The highest BCUT2D eigenvalue weighted by atomic mass is 19.1. The summed E-state index contributed by atoms with van der Waals surface area (Å²) in [7, 11) is 0. The fourth-order valence-electron chi connectivity index (χ4n) is 2.39. The lowest BCUT2D eigenvalue weighted by Gasteiger charge is -2.14. The lowest BCUT2D eigenvalue weighted by atomic mass is 10.1. The summed E-state index contributed by atoms with van der Waals surface area (Å²) in [4.78, 5) is 20.5. The Balaban J connectivity index is 1.60. The minimum absolute atomic E-state index is 0.173. The maximum absolute atomic E-state index is 13.2. The second-order valence-corrected chi connectivity index (χ2v) is 5.84. The molecule has 0 aliphatic carbocycles. The van der Waals surface area contributed by atoms with Crippen molar-refractivity contribution in [2.24, 2.45) is 0 Å². The number of carbonyl (C=O) groups is 1. The normalized spacial score (nSPS) is 11.7. The lowest BCUT2D eigenvalue weighted by molar-refractivity contribution is -0.127. The molecule has 1 aromatic heterocycles. The molecule has 0 saturated carbocycles. The van der Waals surface area contributed by atoms with Gasteiger partial charge in [0, 0.05) is 11.6 Å². The van der Waals surface area contributed by atoms with E-state index in [2.05, 4.69) is 15.3 Å². The summed E-state index contributed by atoms with van der Waals surface area (Å²) in [5.41, 5.74) is 1.96. The van der Waals surface area contributed by atoms with Gasteiger partial charge in [-0.1, -0.05) is 6.07 Å². The number of carbonyl (C=O) groups excluding carboxylic acids is 1. The first-order chi connectivity index (χ1) is 13.0. The zero-order chi connectivity index (χ0) is 19.2. The van der Waals surface area contributed by atoms with Crippen molar-refractivity contribution in [2.45, 2.75) is 19.6 Å². The summed E-state index contributed by atoms with van der Waals surface area (Å²) < 4.78 is 31.6. The average molecular weight is 369 g/mol. The number of amides is 1. The molecule has 0 aliphatic rings. The van der Waals surface area contributed by atoms with Gasteiger partial charge in [0.1, 0.15) is 23.7 Å². The number of hydrogen-bond acceptors (Lipinski definition) is 4. The minimum atomic E-state index is -0.801. The van der Waals surface area contributed by atoms with Gasteiger partial charge in [0.2, 0.25) is 0 Å². The molecule has 5 nitrogen and oxygen atoms in total. The highest BCUT2D eigenvalue weighted by Gasteiger charge is 2.15. The van der Waals surface area contributed by atoms with Crippen LogP contribution in [0.3, 0.4) is 0 Å². The fraction of sp³-hybridized carbons (Fsp3) is 0.150. The van der Waals surface area contributed by atoms with Gasteiger partial charge in [-0.15, -0.1) is 0 Å². The Hall–Kier alpha value is -3.35. The van der Waals surface area contributed by atoms with Crippen molar-refractivity contribution in [1.29, 1.82) is 0 Å². The summed E-state index contributed by atoms with van der Waals surface area (Å²) >= 11 is 0. The first kappa shape index (κ1) is 18.4. The van der Waals surface area contributed by atoms with E-state index in [4.69, 9.17) is 4.74 Å². The van der Waals surface area contributed by atoms with Crippen molar-refractivity contribution in [1.82, 2.24) is 15.3 Å². The van der Waals surface area contributed by atoms with Crippen LogP contribution in [0.5, 0.6) is 5.75 Å². The monoisotopic (exact) mass is 369 g/mol. The quantitative estimate of drug-likeness (QED) is 0.722. The number of benzene rings is 2. The van der Waals surface area contributed by atoms with E-state index >= 15 is 0 Å². The second-order valence-electron chi connectivity index (χ2n) is 5.84. The lowest BCUT2D eigenvalue weighted by Crippen LogP contribution is -2.36. The maximum atomic E-state index is 13.2. The zero-order valence-electron chi connectivity index (χ0n) is 14.5. The van der Waals surface area contributed by atoms with E-state index in [9.17, 15) is 13.6 Å². The van der Waals surface area contributed by atoms with Crippen molar-refractivity contribution in [3.8, 4) is 17.0 Å². The molecule has 3 rings (SSSR count). The van der Waals surface area contributed by atoms with Gasteiger partial charge in [-0.3, -0.25) is 4.79 Å². The molecule has 0 bridgehead atoms. The molecule has 2 aromatic carbocycles. The van der Waals surface area contributed by atoms with Crippen LogP contribution in [0.15, 0.2) is 60.9 Å². The average Bonchev–Trinajstić information content (AvgIpc) is 2.67. The predicted octanol–water partition coefficient (Wildman–Crippen LogP) is 3.51. The summed E-state index contributed by atoms with van der Waals surface area (Å²) in [5.74, 6) is -0.846. The van der Waals surface area contributed by atoms with E-state index in [1.807, 2.05) is 0 Å². The van der Waals surface area contributed by atoms with E-state index in [1.54, 1.807) is 31.2 Å². The molecule has 0 spiro atoms. The SMILES string of the molecule is CC(Oc1cccc(F)c1)C(=O)NCc1cc(-c2ccc(F)cc2)ncn1. The van der Waals surface area contributed by atoms with Gasteiger partial charge in [0.15, 0.2) is 6.10 Å². The first-order valence-electron chi connectivity index (χ1n) is 8.28. The van der Waals surface area contributed by atoms with Crippen molar-refractivity contribution in [2.75, 3.05) is 0 Å². The second kappa shape index (κ2) is 8.35. The van der Waals surface area contributed by atoms with Crippen LogP contribution in [0, 0.1) is 11.6 Å². The number of nitrogens with zero attached hydrogens (tertiary/aromatic N) is 2. The summed E-state index contributed by atoms with van der Waals surface area (Å²) in [5, 5.41) is 2.71. The van der Waals surface area contributed by atoms with Crippen LogP contribution in [-0.2, 0) is 11.3 Å². The largest absolute Gasteiger partial charge is 0.481 e. The first-order valence-corrected chi connectivity index (χ1v) is 8.28. The Labute approximate surface area is 155 Å². The number of rotatable bonds is 6. The number of aromatic nitrogens is 2. The number of halogens is 2. The molecule has 138 valence electrons. The molecule has 0 radical (unpaired) electrons. The van der Waals surface area contributed by atoms with Crippen LogP contribution in [-0.4, -0.2) is 22.0 Å². The number of ether oxygens (including phenoxy) is 1. The van der Waals surface area contributed by atoms with Gasteiger partial charge >= 0.3 is 0 Å². The maximum Gasteiger partial charge on any atom is 0.261 e. The molecule has 27 heavy (non-hydrogen) atoms. The molecular formula is C20H17F2N3O2. The smallest absolute Gasteiger partial charge is 0.261 e. The standard InChI is InChI=1S/C20H17F2N3O2/c1-13(27-18-4-2-3-16(22)9-18)20(26)23-11-17-10-19(25-12-24-17)14-5-7-15(21)8-6-14/h2-10,12-13H,11H2,1H3,(H,23,26). The topological polar surface area (TPSA) is 64.1 Å². The van der Waals surface area contributed by atoms with E-state index in [0.29, 0.717) is 11.4 Å². The van der Waals surface area contributed by atoms with Crippen LogP contribution in [0.2, 0.25) is 0 Å². The fourth-order valence-corrected chi connectivity index (χ4v) is 2.39. The van der Waals surface area contributed by atoms with Gasteiger partial charge in [0.05, 0.1) is 17.9 Å². The van der Waals surface area contributed by atoms with E-state index < -0.39 is 11.9 Å². The molecule has 3 aromatic rings. The van der Waals surface area contributed by atoms with Gasteiger partial charge in [-0.05, 0) is 49.4 Å². The van der Waals surface area contributed by atoms with Gasteiger partial charge in [-0.2, -0.15) is 0 Å². The van der Waals surface area contributed by atoms with Crippen LogP contribution >= 0.6 is 0 Å². The molecule has 1 heterocycles. The molecule has 0 aliphatic heterocycles. The molecule has 0 fully saturated rings. The summed E-state index contributed by atoms with van der Waals surface area (Å²) in [6.07, 6.45) is 0.581. The molecule has 1 amide bonds. The Morgan fingerprint density at radius 2 is 1.85 bits per heavy atom. The van der Waals surface area contributed by atoms with Gasteiger partial charge in [0.25, 0.3) is 5.91 Å². The predicted molar refractivity (Wildman–Crippen MR) is 95.8 cm³/mol. The summed E-state index contributed by atoms with van der Waals surface area (Å²) in [6.45, 7) is 1.75. The van der Waals surface area contributed by atoms with E-state index in [0.717, 1.165) is 5.56 Å². The Kier molecular flexibility index (Phi) is 5.71. The van der Waals surface area contributed by atoms with Crippen LogP contribution in [0.25, 0.3) is 11.3 Å².